The van der Waals surface area contributed by atoms with Crippen LogP contribution in [0.25, 0.3) is 0 Å². The van der Waals surface area contributed by atoms with Crippen LogP contribution in [0.15, 0.2) is 42.9 Å². The summed E-state index contributed by atoms with van der Waals surface area (Å²) in [6, 6.07) is 6.34. The number of anilines is 3. The van der Waals surface area contributed by atoms with E-state index in [1.165, 1.54) is 18.3 Å². The third-order valence-electron chi connectivity index (χ3n) is 3.31. The summed E-state index contributed by atoms with van der Waals surface area (Å²) in [5.41, 5.74) is 1.58. The molecule has 2 heterocycles. The number of aromatic nitrogens is 4. The summed E-state index contributed by atoms with van der Waals surface area (Å²) in [6.45, 7) is 3.19. The number of nitrogens with zero attached hydrogens (tertiary/aromatic N) is 4. The van der Waals surface area contributed by atoms with E-state index in [0.29, 0.717) is 23.3 Å². The van der Waals surface area contributed by atoms with Gasteiger partial charge in [0.1, 0.15) is 10.8 Å². The van der Waals surface area contributed by atoms with Gasteiger partial charge in [-0.25, -0.2) is 9.37 Å². The smallest absolute Gasteiger partial charge is 0.229 e. The predicted molar refractivity (Wildman–Crippen MR) is 92.0 cm³/mol. The van der Waals surface area contributed by atoms with Gasteiger partial charge in [0.05, 0.1) is 18.1 Å². The first kappa shape index (κ1) is 16.2. The predicted octanol–water partition coefficient (Wildman–Crippen LogP) is 3.84. The number of rotatable bonds is 6. The number of nitrogens with one attached hydrogen (secondary N) is 2. The minimum absolute atomic E-state index is 0.279. The Morgan fingerprint density at radius 1 is 1.29 bits per heavy atom. The zero-order valence-corrected chi connectivity index (χ0v) is 13.8. The van der Waals surface area contributed by atoms with Gasteiger partial charge >= 0.3 is 0 Å². The number of aryl methyl sites for hydroxylation is 1. The molecule has 24 heavy (non-hydrogen) atoms. The molecular formula is C16H16ClFN6. The standard InChI is InChI=1S/C16H16ClFN6/c1-2-24-10-13(8-21-24)22-16-20-9-14(17)15(23-16)19-7-11-4-3-5-12(18)6-11/h3-6,8-10H,2,7H2,1H3,(H2,19,20,22,23). The zero-order valence-electron chi connectivity index (χ0n) is 13.0. The molecule has 0 amide bonds. The first-order valence-corrected chi connectivity index (χ1v) is 7.82. The van der Waals surface area contributed by atoms with Crippen LogP contribution in [0.1, 0.15) is 12.5 Å². The molecule has 0 aliphatic carbocycles. The second-order valence-electron chi connectivity index (χ2n) is 5.08. The Morgan fingerprint density at radius 3 is 2.92 bits per heavy atom. The van der Waals surface area contributed by atoms with E-state index in [2.05, 4.69) is 25.7 Å². The maximum atomic E-state index is 13.2. The summed E-state index contributed by atoms with van der Waals surface area (Å²) < 4.78 is 15.0. The highest BCUT2D eigenvalue weighted by atomic mass is 35.5. The lowest BCUT2D eigenvalue weighted by Crippen LogP contribution is -2.05. The molecule has 3 rings (SSSR count). The minimum Gasteiger partial charge on any atom is -0.365 e. The van der Waals surface area contributed by atoms with E-state index in [-0.39, 0.29) is 5.82 Å². The van der Waals surface area contributed by atoms with Gasteiger partial charge in [-0.3, -0.25) is 4.68 Å². The molecule has 2 N–H and O–H groups in total. The molecule has 0 aliphatic rings. The molecule has 0 saturated heterocycles. The van der Waals surface area contributed by atoms with Crippen molar-refractivity contribution in [3.63, 3.8) is 0 Å². The number of hydrogen-bond acceptors (Lipinski definition) is 5. The first-order valence-electron chi connectivity index (χ1n) is 7.44. The van der Waals surface area contributed by atoms with Crippen molar-refractivity contribution in [1.29, 1.82) is 0 Å². The van der Waals surface area contributed by atoms with Crippen LogP contribution in [-0.2, 0) is 13.1 Å². The lowest BCUT2D eigenvalue weighted by molar-refractivity contribution is 0.626. The van der Waals surface area contributed by atoms with Gasteiger partial charge in [0.2, 0.25) is 5.95 Å². The highest BCUT2D eigenvalue weighted by Crippen LogP contribution is 2.22. The molecule has 0 bridgehead atoms. The molecule has 0 saturated carbocycles. The highest BCUT2D eigenvalue weighted by molar-refractivity contribution is 6.32. The Balaban J connectivity index is 1.71. The third-order valence-corrected chi connectivity index (χ3v) is 3.58. The first-order chi connectivity index (χ1) is 11.6. The van der Waals surface area contributed by atoms with Crippen molar-refractivity contribution in [3.8, 4) is 0 Å². The highest BCUT2D eigenvalue weighted by Gasteiger charge is 2.07. The van der Waals surface area contributed by atoms with Crippen LogP contribution in [0.5, 0.6) is 0 Å². The van der Waals surface area contributed by atoms with Crippen LogP contribution in [0.3, 0.4) is 0 Å². The number of benzene rings is 1. The Kier molecular flexibility index (Phi) is 4.90. The second-order valence-corrected chi connectivity index (χ2v) is 5.49. The summed E-state index contributed by atoms with van der Waals surface area (Å²) in [7, 11) is 0. The van der Waals surface area contributed by atoms with Gasteiger partial charge in [-0.05, 0) is 24.6 Å². The molecule has 0 aliphatic heterocycles. The fourth-order valence-electron chi connectivity index (χ4n) is 2.11. The molecule has 0 atom stereocenters. The molecule has 2 aromatic heterocycles. The minimum atomic E-state index is -0.279. The van der Waals surface area contributed by atoms with Crippen LogP contribution >= 0.6 is 11.6 Å². The molecule has 1 aromatic carbocycles. The van der Waals surface area contributed by atoms with Crippen molar-refractivity contribution in [1.82, 2.24) is 19.7 Å². The molecule has 0 spiro atoms. The zero-order chi connectivity index (χ0) is 16.9. The Hall–Kier alpha value is -2.67. The second kappa shape index (κ2) is 7.27. The molecule has 8 heteroatoms. The average Bonchev–Trinajstić information content (AvgIpc) is 3.03. The van der Waals surface area contributed by atoms with Crippen molar-refractivity contribution in [2.45, 2.75) is 20.0 Å². The van der Waals surface area contributed by atoms with Crippen LogP contribution in [0, 0.1) is 5.82 Å². The molecule has 0 fully saturated rings. The van der Waals surface area contributed by atoms with Gasteiger partial charge in [0.25, 0.3) is 0 Å². The van der Waals surface area contributed by atoms with Gasteiger partial charge in [-0.1, -0.05) is 23.7 Å². The van der Waals surface area contributed by atoms with Crippen LogP contribution in [0.2, 0.25) is 5.02 Å². The van der Waals surface area contributed by atoms with Crippen molar-refractivity contribution < 1.29 is 4.39 Å². The van der Waals surface area contributed by atoms with E-state index in [1.807, 2.05) is 19.2 Å². The van der Waals surface area contributed by atoms with Gasteiger partial charge in [0, 0.05) is 19.3 Å². The van der Waals surface area contributed by atoms with Crippen molar-refractivity contribution in [2.24, 2.45) is 0 Å². The van der Waals surface area contributed by atoms with E-state index in [4.69, 9.17) is 11.6 Å². The summed E-state index contributed by atoms with van der Waals surface area (Å²) in [5, 5.41) is 10.7. The van der Waals surface area contributed by atoms with Gasteiger partial charge in [-0.2, -0.15) is 10.1 Å². The molecule has 6 nitrogen and oxygen atoms in total. The molecular weight excluding hydrogens is 331 g/mol. The van der Waals surface area contributed by atoms with Gasteiger partial charge in [0.15, 0.2) is 5.82 Å². The number of hydrogen-bond donors (Lipinski definition) is 2. The summed E-state index contributed by atoms with van der Waals surface area (Å²) in [5.74, 6) is 0.594. The Morgan fingerprint density at radius 2 is 2.17 bits per heavy atom. The quantitative estimate of drug-likeness (QED) is 0.709. The molecule has 0 radical (unpaired) electrons. The molecule has 3 aromatic rings. The summed E-state index contributed by atoms with van der Waals surface area (Å²) >= 11 is 6.12. The van der Waals surface area contributed by atoms with E-state index in [0.717, 1.165) is 17.8 Å². The van der Waals surface area contributed by atoms with E-state index >= 15 is 0 Å². The van der Waals surface area contributed by atoms with Crippen molar-refractivity contribution in [2.75, 3.05) is 10.6 Å². The van der Waals surface area contributed by atoms with E-state index in [9.17, 15) is 4.39 Å². The average molecular weight is 347 g/mol. The van der Waals surface area contributed by atoms with Crippen LogP contribution < -0.4 is 10.6 Å². The van der Waals surface area contributed by atoms with Gasteiger partial charge in [-0.15, -0.1) is 0 Å². The SMILES string of the molecule is CCn1cc(Nc2ncc(Cl)c(NCc3cccc(F)c3)n2)cn1. The third kappa shape index (κ3) is 3.99. The van der Waals surface area contributed by atoms with Crippen LogP contribution in [-0.4, -0.2) is 19.7 Å². The lowest BCUT2D eigenvalue weighted by atomic mass is 10.2. The topological polar surface area (TPSA) is 67.7 Å². The molecule has 124 valence electrons. The number of halogens is 2. The maximum absolute atomic E-state index is 13.2. The fraction of sp³-hybridized carbons (Fsp3) is 0.188. The van der Waals surface area contributed by atoms with Crippen molar-refractivity contribution in [3.05, 3.63) is 59.3 Å². The maximum Gasteiger partial charge on any atom is 0.229 e. The van der Waals surface area contributed by atoms with Crippen LogP contribution in [0.4, 0.5) is 21.8 Å². The van der Waals surface area contributed by atoms with Gasteiger partial charge < -0.3 is 10.6 Å². The largest absolute Gasteiger partial charge is 0.365 e. The Labute approximate surface area is 143 Å². The summed E-state index contributed by atoms with van der Waals surface area (Å²) in [6.07, 6.45) is 5.06. The normalized spacial score (nSPS) is 10.6. The monoisotopic (exact) mass is 346 g/mol. The fourth-order valence-corrected chi connectivity index (χ4v) is 2.27. The summed E-state index contributed by atoms with van der Waals surface area (Å²) in [4.78, 5) is 8.49. The van der Waals surface area contributed by atoms with Crippen molar-refractivity contribution >= 4 is 29.1 Å². The molecule has 0 unspecified atom stereocenters. The Bertz CT molecular complexity index is 835. The lowest BCUT2D eigenvalue weighted by Gasteiger charge is -2.09. The van der Waals surface area contributed by atoms with E-state index < -0.39 is 0 Å². The van der Waals surface area contributed by atoms with E-state index in [1.54, 1.807) is 16.9 Å².